The van der Waals surface area contributed by atoms with Gasteiger partial charge in [-0.1, -0.05) is 6.42 Å². The Morgan fingerprint density at radius 1 is 1.44 bits per heavy atom. The first kappa shape index (κ1) is 7.50. The molecule has 0 aromatic carbocycles. The molecule has 3 unspecified atom stereocenters. The molecule has 0 bridgehead atoms. The van der Waals surface area contributed by atoms with Crippen molar-refractivity contribution in [1.29, 1.82) is 0 Å². The van der Waals surface area contributed by atoms with Crippen LogP contribution in [0.2, 0.25) is 0 Å². The summed E-state index contributed by atoms with van der Waals surface area (Å²) < 4.78 is 0. The predicted octanol–water partition coefficient (Wildman–Crippen LogP) is 1.39. The van der Waals surface area contributed by atoms with Crippen LogP contribution >= 0.6 is 9.24 Å². The molecule has 0 amide bonds. The van der Waals surface area contributed by atoms with Crippen molar-refractivity contribution in [2.45, 2.75) is 37.9 Å². The summed E-state index contributed by atoms with van der Waals surface area (Å²) in [4.78, 5) is 0. The van der Waals surface area contributed by atoms with Crippen LogP contribution in [0.4, 0.5) is 0 Å². The number of hydrogen-bond acceptors (Lipinski definition) is 1. The minimum atomic E-state index is 0.746. The van der Waals surface area contributed by atoms with Gasteiger partial charge in [-0.05, 0) is 25.4 Å². The van der Waals surface area contributed by atoms with Gasteiger partial charge in [0.25, 0.3) is 0 Å². The van der Waals surface area contributed by atoms with E-state index in [0.29, 0.717) is 0 Å². The van der Waals surface area contributed by atoms with Crippen LogP contribution < -0.4 is 5.32 Å². The minimum absolute atomic E-state index is 0.746. The number of nitrogens with one attached hydrogen (secondary N) is 1. The summed E-state index contributed by atoms with van der Waals surface area (Å²) in [5, 5.41) is 3.47. The summed E-state index contributed by atoms with van der Waals surface area (Å²) in [7, 11) is 2.89. The molecule has 0 spiro atoms. The van der Waals surface area contributed by atoms with E-state index in [1.165, 1.54) is 25.8 Å². The first-order chi connectivity index (χ1) is 4.29. The summed E-state index contributed by atoms with van der Waals surface area (Å²) in [6, 6.07) is 0.746. The lowest BCUT2D eigenvalue weighted by Gasteiger charge is -2.08. The molecular formula is C7H16NP. The molecule has 1 heterocycles. The molecule has 0 aromatic rings. The summed E-state index contributed by atoms with van der Waals surface area (Å²) >= 11 is 0. The van der Waals surface area contributed by atoms with Gasteiger partial charge in [-0.15, -0.1) is 9.24 Å². The first-order valence-corrected chi connectivity index (χ1v) is 4.44. The highest BCUT2D eigenvalue weighted by molar-refractivity contribution is 7.17. The monoisotopic (exact) mass is 145 g/mol. The minimum Gasteiger partial charge on any atom is -0.314 e. The van der Waals surface area contributed by atoms with Crippen LogP contribution in [0.15, 0.2) is 0 Å². The summed E-state index contributed by atoms with van der Waals surface area (Å²) in [5.74, 6) is 0. The third-order valence-corrected chi connectivity index (χ3v) is 2.51. The van der Waals surface area contributed by atoms with E-state index >= 15 is 0 Å². The number of rotatable bonds is 0. The second kappa shape index (κ2) is 3.53. The molecular weight excluding hydrogens is 129 g/mol. The van der Waals surface area contributed by atoms with Gasteiger partial charge in [0, 0.05) is 12.6 Å². The average molecular weight is 145 g/mol. The Labute approximate surface area is 59.8 Å². The van der Waals surface area contributed by atoms with E-state index < -0.39 is 0 Å². The third-order valence-electron chi connectivity index (χ3n) is 1.94. The molecule has 2 heteroatoms. The van der Waals surface area contributed by atoms with Crippen LogP contribution in [0, 0.1) is 0 Å². The van der Waals surface area contributed by atoms with Gasteiger partial charge >= 0.3 is 0 Å². The van der Waals surface area contributed by atoms with Gasteiger partial charge in [0.1, 0.15) is 0 Å². The largest absolute Gasteiger partial charge is 0.314 e. The zero-order chi connectivity index (χ0) is 6.69. The van der Waals surface area contributed by atoms with E-state index in [1.54, 1.807) is 0 Å². The molecule has 1 aliphatic heterocycles. The summed E-state index contributed by atoms with van der Waals surface area (Å²) in [6.45, 7) is 3.45. The van der Waals surface area contributed by atoms with E-state index in [4.69, 9.17) is 0 Å². The molecule has 0 radical (unpaired) electrons. The van der Waals surface area contributed by atoms with Gasteiger partial charge in [0.2, 0.25) is 0 Å². The van der Waals surface area contributed by atoms with Crippen LogP contribution in [-0.2, 0) is 0 Å². The molecule has 1 N–H and O–H groups in total. The molecule has 9 heavy (non-hydrogen) atoms. The molecule has 0 aliphatic carbocycles. The molecule has 54 valence electrons. The van der Waals surface area contributed by atoms with Crippen molar-refractivity contribution in [1.82, 2.24) is 5.32 Å². The van der Waals surface area contributed by atoms with Gasteiger partial charge in [-0.2, -0.15) is 0 Å². The maximum Gasteiger partial charge on any atom is 0.00389 e. The zero-order valence-corrected chi connectivity index (χ0v) is 7.22. The lowest BCUT2D eigenvalue weighted by molar-refractivity contribution is 0.551. The normalized spacial score (nSPS) is 38.0. The van der Waals surface area contributed by atoms with Crippen molar-refractivity contribution in [2.75, 3.05) is 6.54 Å². The molecule has 1 fully saturated rings. The molecule has 1 nitrogen and oxygen atoms in total. The maximum absolute atomic E-state index is 3.47. The Balaban J connectivity index is 2.25. The van der Waals surface area contributed by atoms with Crippen LogP contribution in [0.1, 0.15) is 26.2 Å². The van der Waals surface area contributed by atoms with Crippen LogP contribution in [0.5, 0.6) is 0 Å². The van der Waals surface area contributed by atoms with Crippen molar-refractivity contribution >= 4 is 9.24 Å². The van der Waals surface area contributed by atoms with Gasteiger partial charge in [0.15, 0.2) is 0 Å². The smallest absolute Gasteiger partial charge is 0.00389 e. The average Bonchev–Trinajstić information content (AvgIpc) is 1.97. The van der Waals surface area contributed by atoms with E-state index in [1.807, 2.05) is 0 Å². The van der Waals surface area contributed by atoms with E-state index in [0.717, 1.165) is 11.7 Å². The highest BCUT2D eigenvalue weighted by Crippen LogP contribution is 2.14. The highest BCUT2D eigenvalue weighted by Gasteiger charge is 2.10. The lowest BCUT2D eigenvalue weighted by Crippen LogP contribution is -2.27. The zero-order valence-electron chi connectivity index (χ0n) is 6.06. The molecule has 1 aliphatic rings. The summed E-state index contributed by atoms with van der Waals surface area (Å²) in [6.07, 6.45) is 4.12. The summed E-state index contributed by atoms with van der Waals surface area (Å²) in [5.41, 5.74) is 0.815. The third kappa shape index (κ3) is 2.64. The van der Waals surface area contributed by atoms with Gasteiger partial charge < -0.3 is 5.32 Å². The fourth-order valence-corrected chi connectivity index (χ4v) is 1.61. The highest BCUT2D eigenvalue weighted by atomic mass is 31.0. The van der Waals surface area contributed by atoms with E-state index in [-0.39, 0.29) is 0 Å². The van der Waals surface area contributed by atoms with Gasteiger partial charge in [0.05, 0.1) is 0 Å². The second-order valence-electron chi connectivity index (χ2n) is 3.00. The lowest BCUT2D eigenvalue weighted by atomic mass is 10.1. The van der Waals surface area contributed by atoms with Crippen molar-refractivity contribution in [3.63, 3.8) is 0 Å². The maximum atomic E-state index is 3.47. The Morgan fingerprint density at radius 2 is 2.22 bits per heavy atom. The Kier molecular flexibility index (Phi) is 2.94. The fourth-order valence-electron chi connectivity index (χ4n) is 1.24. The molecule has 3 atom stereocenters. The Morgan fingerprint density at radius 3 is 3.00 bits per heavy atom. The SMILES string of the molecule is CC1CCCC(P)CN1. The van der Waals surface area contributed by atoms with Crippen LogP contribution in [0.25, 0.3) is 0 Å². The molecule has 1 rings (SSSR count). The Bertz CT molecular complexity index is 75.0. The van der Waals surface area contributed by atoms with Crippen molar-refractivity contribution < 1.29 is 0 Å². The van der Waals surface area contributed by atoms with Gasteiger partial charge in [-0.25, -0.2) is 0 Å². The molecule has 0 aromatic heterocycles. The predicted molar refractivity (Wildman–Crippen MR) is 44.8 cm³/mol. The van der Waals surface area contributed by atoms with Crippen molar-refractivity contribution in [2.24, 2.45) is 0 Å². The van der Waals surface area contributed by atoms with Crippen LogP contribution in [-0.4, -0.2) is 18.2 Å². The van der Waals surface area contributed by atoms with E-state index in [2.05, 4.69) is 21.5 Å². The van der Waals surface area contributed by atoms with E-state index in [9.17, 15) is 0 Å². The molecule has 0 saturated carbocycles. The standard InChI is InChI=1S/C7H16NP/c1-6-3-2-4-7(9)5-8-6/h6-8H,2-5,9H2,1H3. The fraction of sp³-hybridized carbons (Fsp3) is 1.00. The van der Waals surface area contributed by atoms with Crippen molar-refractivity contribution in [3.05, 3.63) is 0 Å². The van der Waals surface area contributed by atoms with Crippen molar-refractivity contribution in [3.8, 4) is 0 Å². The second-order valence-corrected chi connectivity index (χ2v) is 3.94. The number of hydrogen-bond donors (Lipinski definition) is 1. The van der Waals surface area contributed by atoms with Crippen LogP contribution in [0.3, 0.4) is 0 Å². The topological polar surface area (TPSA) is 12.0 Å². The Hall–Kier alpha value is 0.390. The molecule has 1 saturated heterocycles. The first-order valence-electron chi connectivity index (χ1n) is 3.78. The quantitative estimate of drug-likeness (QED) is 0.508. The van der Waals surface area contributed by atoms with Gasteiger partial charge in [-0.3, -0.25) is 0 Å².